The summed E-state index contributed by atoms with van der Waals surface area (Å²) in [5.41, 5.74) is 6.08. The molecule has 9 heteroatoms. The highest BCUT2D eigenvalue weighted by molar-refractivity contribution is 6.32. The Labute approximate surface area is 156 Å². The summed E-state index contributed by atoms with van der Waals surface area (Å²) in [4.78, 5) is 37.0. The molecule has 0 saturated carbocycles. The average Bonchev–Trinajstić information content (AvgIpc) is 3.30. The third-order valence-corrected chi connectivity index (χ3v) is 4.33. The van der Waals surface area contributed by atoms with Crippen molar-refractivity contribution in [3.05, 3.63) is 46.3 Å². The number of aromatic nitrogens is 3. The van der Waals surface area contributed by atoms with Gasteiger partial charge in [0.1, 0.15) is 5.71 Å². The highest BCUT2D eigenvalue weighted by Gasteiger charge is 2.27. The number of carbonyl (C=O) groups is 2. The van der Waals surface area contributed by atoms with Crippen LogP contribution in [0.4, 0.5) is 0 Å². The molecule has 0 saturated heterocycles. The van der Waals surface area contributed by atoms with Crippen LogP contribution < -0.4 is 10.7 Å². The molecule has 27 heavy (non-hydrogen) atoms. The monoisotopic (exact) mass is 369 g/mol. The number of imidazole rings is 1. The molecule has 2 aromatic rings. The van der Waals surface area contributed by atoms with Gasteiger partial charge in [-0.2, -0.15) is 5.10 Å². The molecule has 1 aliphatic rings. The van der Waals surface area contributed by atoms with Gasteiger partial charge in [0.15, 0.2) is 5.82 Å². The fourth-order valence-electron chi connectivity index (χ4n) is 2.93. The van der Waals surface area contributed by atoms with Crippen molar-refractivity contribution in [3.63, 3.8) is 0 Å². The quantitative estimate of drug-likeness (QED) is 0.557. The van der Waals surface area contributed by atoms with Crippen LogP contribution >= 0.6 is 0 Å². The minimum Gasteiger partial charge on any atom is -0.358 e. The first-order chi connectivity index (χ1) is 12.9. The average molecular weight is 369 g/mol. The smallest absolute Gasteiger partial charge is 0.273 e. The van der Waals surface area contributed by atoms with Crippen LogP contribution in [0.2, 0.25) is 0 Å². The highest BCUT2D eigenvalue weighted by atomic mass is 16.2. The van der Waals surface area contributed by atoms with Gasteiger partial charge in [-0.1, -0.05) is 0 Å². The van der Waals surface area contributed by atoms with Crippen molar-refractivity contribution < 1.29 is 9.59 Å². The molecule has 1 aliphatic heterocycles. The molecule has 3 rings (SSSR count). The van der Waals surface area contributed by atoms with Gasteiger partial charge >= 0.3 is 0 Å². The van der Waals surface area contributed by atoms with Gasteiger partial charge in [-0.25, -0.2) is 10.4 Å². The number of hydrazone groups is 1. The molecular formula is C18H23N7O2. The summed E-state index contributed by atoms with van der Waals surface area (Å²) in [5.74, 6) is 0.0516. The van der Waals surface area contributed by atoms with Crippen LogP contribution in [0.3, 0.4) is 0 Å². The second kappa shape index (κ2) is 7.58. The zero-order valence-corrected chi connectivity index (χ0v) is 15.8. The number of H-pyrrole nitrogens is 2. The molecule has 0 spiro atoms. The largest absolute Gasteiger partial charge is 0.358 e. The van der Waals surface area contributed by atoms with E-state index < -0.39 is 0 Å². The van der Waals surface area contributed by atoms with Crippen molar-refractivity contribution in [2.24, 2.45) is 5.10 Å². The number of hydrogen-bond donors (Lipinski definition) is 4. The molecular weight excluding hydrogens is 346 g/mol. The molecule has 0 fully saturated rings. The van der Waals surface area contributed by atoms with E-state index in [4.69, 9.17) is 0 Å². The summed E-state index contributed by atoms with van der Waals surface area (Å²) in [5, 5.41) is 6.96. The van der Waals surface area contributed by atoms with Crippen molar-refractivity contribution in [2.45, 2.75) is 13.8 Å². The van der Waals surface area contributed by atoms with E-state index in [2.05, 4.69) is 30.8 Å². The van der Waals surface area contributed by atoms with E-state index in [1.807, 2.05) is 32.8 Å². The van der Waals surface area contributed by atoms with E-state index in [-0.39, 0.29) is 11.8 Å². The van der Waals surface area contributed by atoms with Gasteiger partial charge in [0.2, 0.25) is 0 Å². The van der Waals surface area contributed by atoms with Gasteiger partial charge < -0.3 is 20.2 Å². The van der Waals surface area contributed by atoms with Gasteiger partial charge in [-0.3, -0.25) is 9.59 Å². The Kier molecular flexibility index (Phi) is 5.22. The first-order valence-electron chi connectivity index (χ1n) is 8.60. The summed E-state index contributed by atoms with van der Waals surface area (Å²) in [6.07, 6.45) is 4.96. The van der Waals surface area contributed by atoms with Crippen LogP contribution in [0.5, 0.6) is 0 Å². The Morgan fingerprint density at radius 3 is 2.78 bits per heavy atom. The molecule has 0 aromatic carbocycles. The zero-order chi connectivity index (χ0) is 19.6. The predicted molar refractivity (Wildman–Crippen MR) is 102 cm³/mol. The fourth-order valence-corrected chi connectivity index (χ4v) is 2.93. The van der Waals surface area contributed by atoms with E-state index in [0.29, 0.717) is 34.9 Å². The van der Waals surface area contributed by atoms with Crippen LogP contribution in [0.15, 0.2) is 23.1 Å². The van der Waals surface area contributed by atoms with E-state index >= 15 is 0 Å². The maximum Gasteiger partial charge on any atom is 0.273 e. The molecule has 0 radical (unpaired) electrons. The van der Waals surface area contributed by atoms with Crippen LogP contribution in [-0.4, -0.2) is 64.6 Å². The molecule has 142 valence electrons. The van der Waals surface area contributed by atoms with E-state index in [0.717, 1.165) is 17.8 Å². The number of likely N-dealkylation sites (N-methyl/N-ethyl adjacent to an activating group) is 1. The molecule has 0 bridgehead atoms. The van der Waals surface area contributed by atoms with Crippen LogP contribution in [0.1, 0.15) is 33.1 Å². The second-order valence-electron chi connectivity index (χ2n) is 6.62. The molecule has 2 amide bonds. The van der Waals surface area contributed by atoms with Gasteiger partial charge in [-0.05, 0) is 39.6 Å². The van der Waals surface area contributed by atoms with Gasteiger partial charge in [0, 0.05) is 36.9 Å². The first-order valence-corrected chi connectivity index (χ1v) is 8.60. The summed E-state index contributed by atoms with van der Waals surface area (Å²) >= 11 is 0. The lowest BCUT2D eigenvalue weighted by Crippen LogP contribution is -2.31. The SMILES string of the molecule is Cc1[nH]c(/C=C2/C(=O)NN=C2c2ncc[nH]2)c(C)c1C(=O)NCCN(C)C. The number of aromatic amines is 2. The van der Waals surface area contributed by atoms with Crippen LogP contribution in [0, 0.1) is 13.8 Å². The Bertz CT molecular complexity index is 920. The van der Waals surface area contributed by atoms with Crippen LogP contribution in [0.25, 0.3) is 6.08 Å². The number of nitrogens with one attached hydrogen (secondary N) is 4. The van der Waals surface area contributed by atoms with E-state index in [1.54, 1.807) is 18.5 Å². The Hall–Kier alpha value is -3.20. The van der Waals surface area contributed by atoms with Gasteiger partial charge in [-0.15, -0.1) is 0 Å². The minimum absolute atomic E-state index is 0.136. The summed E-state index contributed by atoms with van der Waals surface area (Å²) in [6.45, 7) is 5.01. The zero-order valence-electron chi connectivity index (χ0n) is 15.8. The molecule has 0 atom stereocenters. The molecule has 3 heterocycles. The normalized spacial score (nSPS) is 15.4. The lowest BCUT2D eigenvalue weighted by atomic mass is 10.1. The summed E-state index contributed by atoms with van der Waals surface area (Å²) in [6, 6.07) is 0. The number of hydrogen-bond acceptors (Lipinski definition) is 5. The first kappa shape index (κ1) is 18.6. The van der Waals surface area contributed by atoms with Crippen molar-refractivity contribution in [1.82, 2.24) is 30.6 Å². The maximum absolute atomic E-state index is 12.5. The van der Waals surface area contributed by atoms with Crippen LogP contribution in [-0.2, 0) is 4.79 Å². The number of aryl methyl sites for hydroxylation is 1. The maximum atomic E-state index is 12.5. The molecule has 9 nitrogen and oxygen atoms in total. The van der Waals surface area contributed by atoms with Gasteiger partial charge in [0.05, 0.1) is 11.1 Å². The topological polar surface area (TPSA) is 118 Å². The third kappa shape index (κ3) is 3.82. The second-order valence-corrected chi connectivity index (χ2v) is 6.62. The number of nitrogens with zero attached hydrogens (tertiary/aromatic N) is 3. The lowest BCUT2D eigenvalue weighted by Gasteiger charge is -2.10. The summed E-state index contributed by atoms with van der Waals surface area (Å²) < 4.78 is 0. The standard InChI is InChI=1S/C18H23N7O2/c1-10-13(22-11(2)14(10)18(27)21-7-8-25(3)4)9-12-15(23-24-17(12)26)16-19-5-6-20-16/h5-6,9,22H,7-8H2,1-4H3,(H,19,20)(H,21,27)(H,24,26)/b12-9+. The van der Waals surface area contributed by atoms with Crippen molar-refractivity contribution >= 4 is 23.6 Å². The molecule has 0 unspecified atom stereocenters. The number of rotatable bonds is 6. The Morgan fingerprint density at radius 2 is 2.11 bits per heavy atom. The fraction of sp³-hybridized carbons (Fsp3) is 0.333. The Morgan fingerprint density at radius 1 is 1.33 bits per heavy atom. The number of amides is 2. The number of carbonyl (C=O) groups excluding carboxylic acids is 2. The third-order valence-electron chi connectivity index (χ3n) is 4.33. The molecule has 0 aliphatic carbocycles. The molecule has 4 N–H and O–H groups in total. The van der Waals surface area contributed by atoms with E-state index in [1.165, 1.54) is 0 Å². The van der Waals surface area contributed by atoms with Crippen molar-refractivity contribution in [1.29, 1.82) is 0 Å². The lowest BCUT2D eigenvalue weighted by molar-refractivity contribution is -0.116. The summed E-state index contributed by atoms with van der Waals surface area (Å²) in [7, 11) is 3.90. The predicted octanol–water partition coefficient (Wildman–Crippen LogP) is 0.564. The highest BCUT2D eigenvalue weighted by Crippen LogP contribution is 2.22. The minimum atomic E-state index is -0.315. The van der Waals surface area contributed by atoms with Crippen molar-refractivity contribution in [2.75, 3.05) is 27.2 Å². The van der Waals surface area contributed by atoms with Crippen molar-refractivity contribution in [3.8, 4) is 0 Å². The Balaban J connectivity index is 1.88. The molecule has 2 aromatic heterocycles. The van der Waals surface area contributed by atoms with E-state index in [9.17, 15) is 9.59 Å². The van der Waals surface area contributed by atoms with Gasteiger partial charge in [0.25, 0.3) is 11.8 Å².